The SMILES string of the molecule is CCSCn1nc(-c2cnc3c(F)cc(F)cn23)c2cnc(C(=O)N3CCCOCC3)cc21. The lowest BCUT2D eigenvalue weighted by Gasteiger charge is -2.19. The zero-order chi connectivity index (χ0) is 22.9. The fraction of sp³-hybridized carbons (Fsp3) is 0.364. The van der Waals surface area contributed by atoms with E-state index in [1.165, 1.54) is 16.8 Å². The van der Waals surface area contributed by atoms with Crippen molar-refractivity contribution in [3.05, 3.63) is 48.1 Å². The highest BCUT2D eigenvalue weighted by Gasteiger charge is 2.23. The summed E-state index contributed by atoms with van der Waals surface area (Å²) in [6.45, 7) is 4.33. The van der Waals surface area contributed by atoms with Crippen LogP contribution in [-0.4, -0.2) is 67.0 Å². The zero-order valence-electron chi connectivity index (χ0n) is 18.0. The van der Waals surface area contributed by atoms with E-state index >= 15 is 0 Å². The van der Waals surface area contributed by atoms with E-state index < -0.39 is 11.6 Å². The van der Waals surface area contributed by atoms with E-state index in [1.54, 1.807) is 33.6 Å². The molecule has 0 saturated carbocycles. The smallest absolute Gasteiger partial charge is 0.272 e. The summed E-state index contributed by atoms with van der Waals surface area (Å²) >= 11 is 1.67. The molecule has 0 radical (unpaired) electrons. The van der Waals surface area contributed by atoms with Crippen LogP contribution >= 0.6 is 11.8 Å². The summed E-state index contributed by atoms with van der Waals surface area (Å²) in [4.78, 5) is 23.4. The molecule has 1 fully saturated rings. The Hall–Kier alpha value is -3.05. The van der Waals surface area contributed by atoms with Gasteiger partial charge in [0.15, 0.2) is 11.5 Å². The van der Waals surface area contributed by atoms with Crippen LogP contribution in [0.1, 0.15) is 23.8 Å². The molecule has 0 aromatic carbocycles. The molecule has 0 bridgehead atoms. The highest BCUT2D eigenvalue weighted by Crippen LogP contribution is 2.30. The summed E-state index contributed by atoms with van der Waals surface area (Å²) in [6, 6.07) is 2.54. The number of carbonyl (C=O) groups excluding carboxylic acids is 1. The second kappa shape index (κ2) is 9.06. The first-order valence-electron chi connectivity index (χ1n) is 10.7. The van der Waals surface area contributed by atoms with Gasteiger partial charge in [-0.05, 0) is 18.2 Å². The van der Waals surface area contributed by atoms with Gasteiger partial charge in [-0.15, -0.1) is 11.8 Å². The Labute approximate surface area is 192 Å². The van der Waals surface area contributed by atoms with E-state index in [9.17, 15) is 13.6 Å². The monoisotopic (exact) mass is 472 g/mol. The minimum Gasteiger partial charge on any atom is -0.380 e. The van der Waals surface area contributed by atoms with E-state index in [1.807, 2.05) is 6.92 Å². The van der Waals surface area contributed by atoms with Gasteiger partial charge < -0.3 is 9.64 Å². The number of halogens is 2. The van der Waals surface area contributed by atoms with E-state index in [0.29, 0.717) is 54.6 Å². The lowest BCUT2D eigenvalue weighted by molar-refractivity contribution is 0.0735. The molecule has 0 spiro atoms. The first-order valence-corrected chi connectivity index (χ1v) is 11.9. The molecular weight excluding hydrogens is 450 g/mol. The first kappa shape index (κ1) is 21.8. The molecule has 0 unspecified atom stereocenters. The summed E-state index contributed by atoms with van der Waals surface area (Å²) in [5, 5.41) is 5.39. The van der Waals surface area contributed by atoms with Gasteiger partial charge >= 0.3 is 0 Å². The van der Waals surface area contributed by atoms with Gasteiger partial charge in [-0.2, -0.15) is 5.10 Å². The number of rotatable bonds is 5. The summed E-state index contributed by atoms with van der Waals surface area (Å²) in [5.41, 5.74) is 2.00. The molecule has 0 N–H and O–H groups in total. The minimum atomic E-state index is -0.751. The maximum Gasteiger partial charge on any atom is 0.272 e. The van der Waals surface area contributed by atoms with Gasteiger partial charge in [0.05, 0.1) is 29.9 Å². The molecule has 11 heteroatoms. The van der Waals surface area contributed by atoms with Gasteiger partial charge in [-0.3, -0.25) is 18.9 Å². The number of ether oxygens (including phenoxy) is 1. The number of amides is 1. The first-order chi connectivity index (χ1) is 16.1. The molecule has 4 aromatic heterocycles. The van der Waals surface area contributed by atoms with E-state index in [0.717, 1.165) is 23.8 Å². The standard InChI is InChI=1S/C22H22F2N6O2S/c1-2-33-13-30-18-9-17(22(31)28-4-3-6-32-7-5-28)25-10-15(18)20(27-30)19-11-26-21-16(24)8-14(23)12-29(19)21/h8-12H,2-7,13H2,1H3. The third-order valence-electron chi connectivity index (χ3n) is 5.55. The van der Waals surface area contributed by atoms with Crippen LogP contribution in [0.25, 0.3) is 27.9 Å². The number of hydrogen-bond donors (Lipinski definition) is 0. The molecule has 33 heavy (non-hydrogen) atoms. The lowest BCUT2D eigenvalue weighted by atomic mass is 10.2. The van der Waals surface area contributed by atoms with Crippen molar-refractivity contribution in [3.63, 3.8) is 0 Å². The number of nitrogens with zero attached hydrogens (tertiary/aromatic N) is 6. The Kier molecular flexibility index (Phi) is 5.98. The molecule has 8 nitrogen and oxygen atoms in total. The third kappa shape index (κ3) is 4.06. The van der Waals surface area contributed by atoms with Gasteiger partial charge in [-0.25, -0.2) is 13.8 Å². The van der Waals surface area contributed by atoms with Gasteiger partial charge in [0.2, 0.25) is 0 Å². The Balaban J connectivity index is 1.62. The molecule has 5 heterocycles. The van der Waals surface area contributed by atoms with Crippen molar-refractivity contribution in [2.45, 2.75) is 19.2 Å². The number of carbonyl (C=O) groups is 1. The predicted molar refractivity (Wildman–Crippen MR) is 121 cm³/mol. The maximum atomic E-state index is 14.2. The van der Waals surface area contributed by atoms with Crippen LogP contribution in [0.3, 0.4) is 0 Å². The quantitative estimate of drug-likeness (QED) is 0.442. The Bertz CT molecular complexity index is 1330. The molecule has 1 amide bonds. The average molecular weight is 473 g/mol. The predicted octanol–water partition coefficient (Wildman–Crippen LogP) is 3.60. The minimum absolute atomic E-state index is 0.0140. The highest BCUT2D eigenvalue weighted by atomic mass is 32.2. The van der Waals surface area contributed by atoms with Crippen LogP contribution in [0.4, 0.5) is 8.78 Å². The molecule has 5 rings (SSSR count). The van der Waals surface area contributed by atoms with Gasteiger partial charge in [0, 0.05) is 43.5 Å². The Morgan fingerprint density at radius 3 is 2.91 bits per heavy atom. The molecule has 1 aliphatic rings. The van der Waals surface area contributed by atoms with Crippen LogP contribution in [0.5, 0.6) is 0 Å². The average Bonchev–Trinajstić information content (AvgIpc) is 3.26. The highest BCUT2D eigenvalue weighted by molar-refractivity contribution is 7.98. The molecule has 0 atom stereocenters. The molecular formula is C22H22F2N6O2S. The Morgan fingerprint density at radius 2 is 2.06 bits per heavy atom. The number of pyridine rings is 2. The third-order valence-corrected chi connectivity index (χ3v) is 6.39. The molecule has 1 aliphatic heterocycles. The van der Waals surface area contributed by atoms with Crippen LogP contribution in [0, 0.1) is 11.6 Å². The number of fused-ring (bicyclic) bond motifs is 2. The van der Waals surface area contributed by atoms with Gasteiger partial charge in [0.25, 0.3) is 5.91 Å². The topological polar surface area (TPSA) is 77.6 Å². The lowest BCUT2D eigenvalue weighted by Crippen LogP contribution is -2.33. The number of hydrogen-bond acceptors (Lipinski definition) is 6. The van der Waals surface area contributed by atoms with Crippen molar-refractivity contribution in [2.24, 2.45) is 0 Å². The van der Waals surface area contributed by atoms with Crippen LogP contribution in [0.15, 0.2) is 30.7 Å². The van der Waals surface area contributed by atoms with Crippen LogP contribution in [0.2, 0.25) is 0 Å². The summed E-state index contributed by atoms with van der Waals surface area (Å²) < 4.78 is 36.7. The van der Waals surface area contributed by atoms with Crippen molar-refractivity contribution >= 4 is 34.2 Å². The van der Waals surface area contributed by atoms with Crippen LogP contribution < -0.4 is 0 Å². The van der Waals surface area contributed by atoms with E-state index in [-0.39, 0.29) is 11.6 Å². The second-order valence-corrected chi connectivity index (χ2v) is 8.90. The van der Waals surface area contributed by atoms with Crippen molar-refractivity contribution in [1.82, 2.24) is 29.0 Å². The van der Waals surface area contributed by atoms with Crippen molar-refractivity contribution in [2.75, 3.05) is 32.1 Å². The molecule has 1 saturated heterocycles. The van der Waals surface area contributed by atoms with Crippen molar-refractivity contribution in [3.8, 4) is 11.4 Å². The van der Waals surface area contributed by atoms with Gasteiger partial charge in [-0.1, -0.05) is 6.92 Å². The normalized spacial score (nSPS) is 14.8. The molecule has 4 aromatic rings. The van der Waals surface area contributed by atoms with Gasteiger partial charge in [0.1, 0.15) is 17.2 Å². The van der Waals surface area contributed by atoms with Crippen molar-refractivity contribution < 1.29 is 18.3 Å². The number of aromatic nitrogens is 5. The second-order valence-electron chi connectivity index (χ2n) is 7.66. The van der Waals surface area contributed by atoms with E-state index in [4.69, 9.17) is 9.84 Å². The number of thioether (sulfide) groups is 1. The summed E-state index contributed by atoms with van der Waals surface area (Å²) in [7, 11) is 0. The van der Waals surface area contributed by atoms with E-state index in [2.05, 4.69) is 9.97 Å². The fourth-order valence-electron chi connectivity index (χ4n) is 3.95. The van der Waals surface area contributed by atoms with Crippen LogP contribution in [-0.2, 0) is 10.6 Å². The number of imidazole rings is 1. The molecule has 172 valence electrons. The maximum absolute atomic E-state index is 14.2. The molecule has 0 aliphatic carbocycles. The summed E-state index contributed by atoms with van der Waals surface area (Å²) in [6.07, 6.45) is 5.03. The largest absolute Gasteiger partial charge is 0.380 e. The summed E-state index contributed by atoms with van der Waals surface area (Å²) in [5.74, 6) is -0.176. The zero-order valence-corrected chi connectivity index (χ0v) is 18.8. The Morgan fingerprint density at radius 1 is 1.18 bits per heavy atom. The fourth-order valence-corrected chi connectivity index (χ4v) is 4.50. The van der Waals surface area contributed by atoms with Crippen molar-refractivity contribution in [1.29, 1.82) is 0 Å².